The zero-order valence-corrected chi connectivity index (χ0v) is 14.2. The van der Waals surface area contributed by atoms with Gasteiger partial charge in [-0.25, -0.2) is 0 Å². The van der Waals surface area contributed by atoms with Gasteiger partial charge in [0.1, 0.15) is 0 Å². The molecule has 3 heteroatoms. The Morgan fingerprint density at radius 2 is 1.77 bits per heavy atom. The highest BCUT2D eigenvalue weighted by Gasteiger charge is 2.31. The second-order valence-corrected chi connectivity index (χ2v) is 7.69. The maximum absolute atomic E-state index is 5.70. The van der Waals surface area contributed by atoms with Gasteiger partial charge in [0.05, 0.1) is 13.2 Å². The molecule has 3 nitrogen and oxygen atoms in total. The lowest BCUT2D eigenvalue weighted by Crippen LogP contribution is -2.40. The first-order chi connectivity index (χ1) is 10.5. The molecule has 2 aliphatic rings. The summed E-state index contributed by atoms with van der Waals surface area (Å²) in [6, 6.07) is 9.12. The lowest BCUT2D eigenvalue weighted by atomic mass is 9.86. The van der Waals surface area contributed by atoms with E-state index in [0.29, 0.717) is 5.92 Å². The van der Waals surface area contributed by atoms with Gasteiger partial charge in [-0.3, -0.25) is 4.90 Å². The van der Waals surface area contributed by atoms with Gasteiger partial charge in [-0.1, -0.05) is 45.0 Å². The molecule has 122 valence electrons. The van der Waals surface area contributed by atoms with Crippen molar-refractivity contribution in [3.8, 4) is 0 Å². The summed E-state index contributed by atoms with van der Waals surface area (Å²) < 4.78 is 11.4. The van der Waals surface area contributed by atoms with Crippen LogP contribution in [-0.2, 0) is 21.4 Å². The molecule has 0 radical (unpaired) electrons. The summed E-state index contributed by atoms with van der Waals surface area (Å²) in [7, 11) is 0. The van der Waals surface area contributed by atoms with E-state index in [2.05, 4.69) is 49.9 Å². The molecule has 1 aromatic carbocycles. The molecule has 1 aromatic rings. The SMILES string of the molecule is CC(C)(C)c1ccc(CN2CCCC(C3OCCO3)C2)cc1. The number of nitrogens with zero attached hydrogens (tertiary/aromatic N) is 1. The third-order valence-corrected chi connectivity index (χ3v) is 4.80. The van der Waals surface area contributed by atoms with Crippen molar-refractivity contribution >= 4 is 0 Å². The van der Waals surface area contributed by atoms with Crippen LogP contribution in [0.4, 0.5) is 0 Å². The van der Waals surface area contributed by atoms with Crippen molar-refractivity contribution in [2.75, 3.05) is 26.3 Å². The van der Waals surface area contributed by atoms with Crippen LogP contribution < -0.4 is 0 Å². The highest BCUT2D eigenvalue weighted by molar-refractivity contribution is 5.27. The average Bonchev–Trinajstić information content (AvgIpc) is 3.01. The maximum atomic E-state index is 5.70. The topological polar surface area (TPSA) is 21.7 Å². The fourth-order valence-electron chi connectivity index (χ4n) is 3.47. The van der Waals surface area contributed by atoms with E-state index in [0.717, 1.165) is 26.3 Å². The third-order valence-electron chi connectivity index (χ3n) is 4.80. The maximum Gasteiger partial charge on any atom is 0.161 e. The van der Waals surface area contributed by atoms with Gasteiger partial charge in [-0.05, 0) is 35.9 Å². The van der Waals surface area contributed by atoms with Crippen molar-refractivity contribution in [3.05, 3.63) is 35.4 Å². The summed E-state index contributed by atoms with van der Waals surface area (Å²) in [4.78, 5) is 2.55. The predicted molar refractivity (Wildman–Crippen MR) is 88.8 cm³/mol. The fourth-order valence-corrected chi connectivity index (χ4v) is 3.47. The summed E-state index contributed by atoms with van der Waals surface area (Å²) in [5.74, 6) is 0.532. The van der Waals surface area contributed by atoms with Crippen molar-refractivity contribution in [1.82, 2.24) is 4.90 Å². The van der Waals surface area contributed by atoms with Crippen LogP contribution in [0.15, 0.2) is 24.3 Å². The third kappa shape index (κ3) is 3.89. The quantitative estimate of drug-likeness (QED) is 0.852. The van der Waals surface area contributed by atoms with Crippen LogP contribution in [0.1, 0.15) is 44.7 Å². The zero-order valence-electron chi connectivity index (χ0n) is 14.2. The van der Waals surface area contributed by atoms with Crippen molar-refractivity contribution in [3.63, 3.8) is 0 Å². The van der Waals surface area contributed by atoms with E-state index in [1.54, 1.807) is 0 Å². The summed E-state index contributed by atoms with van der Waals surface area (Å²) in [5, 5.41) is 0. The molecule has 2 saturated heterocycles. The van der Waals surface area contributed by atoms with E-state index in [9.17, 15) is 0 Å². The number of ether oxygens (including phenoxy) is 2. The standard InChI is InChI=1S/C19H29NO2/c1-19(2,3)17-8-6-15(7-9-17)13-20-10-4-5-16(14-20)18-21-11-12-22-18/h6-9,16,18H,4-5,10-14H2,1-3H3. The molecule has 1 atom stereocenters. The van der Waals surface area contributed by atoms with E-state index >= 15 is 0 Å². The lowest BCUT2D eigenvalue weighted by molar-refractivity contribution is -0.101. The lowest BCUT2D eigenvalue weighted by Gasteiger charge is -2.34. The molecule has 0 N–H and O–H groups in total. The molecule has 0 aromatic heterocycles. The van der Waals surface area contributed by atoms with Crippen molar-refractivity contribution < 1.29 is 9.47 Å². The van der Waals surface area contributed by atoms with Gasteiger partial charge >= 0.3 is 0 Å². The zero-order chi connectivity index (χ0) is 15.6. The Hall–Kier alpha value is -0.900. The van der Waals surface area contributed by atoms with Crippen LogP contribution in [0.2, 0.25) is 0 Å². The van der Waals surface area contributed by atoms with Gasteiger partial charge in [-0.2, -0.15) is 0 Å². The first kappa shape index (κ1) is 16.0. The van der Waals surface area contributed by atoms with Crippen LogP contribution in [0.25, 0.3) is 0 Å². The summed E-state index contributed by atoms with van der Waals surface area (Å²) in [5.41, 5.74) is 3.04. The van der Waals surface area contributed by atoms with Gasteiger partial charge in [0.25, 0.3) is 0 Å². The number of benzene rings is 1. The normalized spacial score (nSPS) is 24.8. The average molecular weight is 303 g/mol. The van der Waals surface area contributed by atoms with Crippen LogP contribution >= 0.6 is 0 Å². The number of likely N-dealkylation sites (tertiary alicyclic amines) is 1. The fraction of sp³-hybridized carbons (Fsp3) is 0.684. The Morgan fingerprint density at radius 3 is 2.41 bits per heavy atom. The summed E-state index contributed by atoms with van der Waals surface area (Å²) in [6.45, 7) is 11.6. The molecule has 0 aliphatic carbocycles. The molecule has 2 aliphatic heterocycles. The highest BCUT2D eigenvalue weighted by atomic mass is 16.7. The molecular weight excluding hydrogens is 274 g/mol. The minimum atomic E-state index is 0.0334. The molecule has 0 spiro atoms. The molecule has 2 fully saturated rings. The first-order valence-electron chi connectivity index (χ1n) is 8.57. The van der Waals surface area contributed by atoms with Gasteiger partial charge in [-0.15, -0.1) is 0 Å². The van der Waals surface area contributed by atoms with Gasteiger partial charge in [0.2, 0.25) is 0 Å². The molecule has 22 heavy (non-hydrogen) atoms. The second-order valence-electron chi connectivity index (χ2n) is 7.69. The molecular formula is C19H29NO2. The van der Waals surface area contributed by atoms with E-state index in [1.165, 1.54) is 30.5 Å². The second kappa shape index (κ2) is 6.69. The van der Waals surface area contributed by atoms with Crippen LogP contribution in [0, 0.1) is 5.92 Å². The Bertz CT molecular complexity index is 471. The summed E-state index contributed by atoms with van der Waals surface area (Å²) >= 11 is 0. The monoisotopic (exact) mass is 303 g/mol. The van der Waals surface area contributed by atoms with E-state index < -0.39 is 0 Å². The number of piperidine rings is 1. The minimum absolute atomic E-state index is 0.0334. The molecule has 2 heterocycles. The number of hydrogen-bond donors (Lipinski definition) is 0. The Morgan fingerprint density at radius 1 is 1.09 bits per heavy atom. The van der Waals surface area contributed by atoms with E-state index in [-0.39, 0.29) is 11.7 Å². The smallest absolute Gasteiger partial charge is 0.161 e. The van der Waals surface area contributed by atoms with Gasteiger partial charge in [0, 0.05) is 19.0 Å². The van der Waals surface area contributed by atoms with Crippen LogP contribution in [0.3, 0.4) is 0 Å². The molecule has 0 bridgehead atoms. The Kier molecular flexibility index (Phi) is 4.86. The number of rotatable bonds is 3. The number of hydrogen-bond acceptors (Lipinski definition) is 3. The van der Waals surface area contributed by atoms with Crippen molar-refractivity contribution in [2.24, 2.45) is 5.92 Å². The van der Waals surface area contributed by atoms with Crippen LogP contribution in [0.5, 0.6) is 0 Å². The first-order valence-corrected chi connectivity index (χ1v) is 8.57. The van der Waals surface area contributed by atoms with Crippen molar-refractivity contribution in [1.29, 1.82) is 0 Å². The summed E-state index contributed by atoms with van der Waals surface area (Å²) in [6.07, 6.45) is 2.50. The molecule has 0 saturated carbocycles. The largest absolute Gasteiger partial charge is 0.350 e. The molecule has 3 rings (SSSR count). The van der Waals surface area contributed by atoms with Gasteiger partial charge < -0.3 is 9.47 Å². The van der Waals surface area contributed by atoms with E-state index in [1.807, 2.05) is 0 Å². The molecule has 1 unspecified atom stereocenters. The van der Waals surface area contributed by atoms with Crippen LogP contribution in [-0.4, -0.2) is 37.5 Å². The molecule has 0 amide bonds. The predicted octanol–water partition coefficient (Wildman–Crippen LogP) is 3.57. The van der Waals surface area contributed by atoms with Crippen molar-refractivity contribution in [2.45, 2.75) is 51.9 Å². The minimum Gasteiger partial charge on any atom is -0.350 e. The Balaban J connectivity index is 1.58. The van der Waals surface area contributed by atoms with Gasteiger partial charge in [0.15, 0.2) is 6.29 Å². The highest BCUT2D eigenvalue weighted by Crippen LogP contribution is 2.27. The van der Waals surface area contributed by atoms with E-state index in [4.69, 9.17) is 9.47 Å². The Labute approximate surface area is 134 Å².